The molecule has 1 fully saturated rings. The van der Waals surface area contributed by atoms with Crippen LogP contribution in [-0.2, 0) is 4.79 Å². The summed E-state index contributed by atoms with van der Waals surface area (Å²) >= 11 is 9.58. The van der Waals surface area contributed by atoms with E-state index in [9.17, 15) is 9.59 Å². The minimum Gasteiger partial charge on any atom is -0.480 e. The van der Waals surface area contributed by atoms with Gasteiger partial charge in [0.2, 0.25) is 0 Å². The number of piperidine rings is 1. The van der Waals surface area contributed by atoms with Gasteiger partial charge in [0.15, 0.2) is 5.78 Å². The van der Waals surface area contributed by atoms with Gasteiger partial charge in [0.05, 0.1) is 29.7 Å². The second-order valence-electron chi connectivity index (χ2n) is 8.46. The second kappa shape index (κ2) is 10.3. The van der Waals surface area contributed by atoms with E-state index in [-0.39, 0.29) is 12.3 Å². The first kappa shape index (κ1) is 23.9. The Morgan fingerprint density at radius 1 is 1.24 bits per heavy atom. The molecule has 2 N–H and O–H groups in total. The molecule has 3 aromatic rings. The van der Waals surface area contributed by atoms with Gasteiger partial charge in [-0.1, -0.05) is 11.6 Å². The summed E-state index contributed by atoms with van der Waals surface area (Å²) in [6, 6.07) is 9.53. The molecule has 1 aliphatic heterocycles. The van der Waals surface area contributed by atoms with E-state index >= 15 is 0 Å². The van der Waals surface area contributed by atoms with E-state index in [1.54, 1.807) is 6.20 Å². The number of nitrogens with one attached hydrogen (secondary N) is 1. The van der Waals surface area contributed by atoms with Gasteiger partial charge in [-0.3, -0.25) is 19.5 Å². The topological polar surface area (TPSA) is 87.5 Å². The van der Waals surface area contributed by atoms with E-state index in [1.807, 2.05) is 37.3 Å². The number of rotatable bonds is 8. The Hall–Kier alpha value is -2.26. The van der Waals surface area contributed by atoms with Gasteiger partial charge in [-0.2, -0.15) is 0 Å². The molecule has 0 bridgehead atoms. The van der Waals surface area contributed by atoms with Crippen LogP contribution in [0.15, 0.2) is 41.0 Å². The number of likely N-dealkylation sites (tertiary alicyclic amines) is 1. The summed E-state index contributed by atoms with van der Waals surface area (Å²) in [5.41, 5.74) is 4.00. The fraction of sp³-hybridized carbons (Fsp3) is 0.375. The van der Waals surface area contributed by atoms with Crippen LogP contribution in [0.4, 0.5) is 0 Å². The molecule has 174 valence electrons. The van der Waals surface area contributed by atoms with Crippen LogP contribution < -0.4 is 5.32 Å². The molecule has 2 aromatic heterocycles. The molecule has 33 heavy (non-hydrogen) atoms. The normalized spacial score (nSPS) is 15.2. The van der Waals surface area contributed by atoms with Gasteiger partial charge in [-0.05, 0) is 91.6 Å². The van der Waals surface area contributed by atoms with Crippen LogP contribution in [0.2, 0.25) is 5.02 Å². The van der Waals surface area contributed by atoms with E-state index in [0.717, 1.165) is 47.3 Å². The lowest BCUT2D eigenvalue weighted by atomic mass is 9.96. The number of aliphatic carboxylic acids is 1. The molecule has 0 amide bonds. The number of fused-ring (bicyclic) bond motifs is 1. The molecule has 0 saturated carbocycles. The van der Waals surface area contributed by atoms with Crippen LogP contribution in [0.3, 0.4) is 0 Å². The van der Waals surface area contributed by atoms with Crippen LogP contribution in [0, 0.1) is 12.8 Å². The lowest BCUT2D eigenvalue weighted by Crippen LogP contribution is -2.40. The minimum atomic E-state index is -0.841. The minimum absolute atomic E-state index is 0.0151. The van der Waals surface area contributed by atoms with Gasteiger partial charge in [0, 0.05) is 27.1 Å². The lowest BCUT2D eigenvalue weighted by Gasteiger charge is -2.31. The van der Waals surface area contributed by atoms with Crippen molar-refractivity contribution in [3.05, 3.63) is 57.3 Å². The number of carboxylic acids is 1. The molecule has 3 heterocycles. The number of benzene rings is 1. The zero-order chi connectivity index (χ0) is 23.5. The second-order valence-corrected chi connectivity index (χ2v) is 9.81. The van der Waals surface area contributed by atoms with E-state index < -0.39 is 5.97 Å². The van der Waals surface area contributed by atoms with Crippen LogP contribution in [0.5, 0.6) is 0 Å². The largest absolute Gasteiger partial charge is 0.480 e. The Balaban J connectivity index is 1.53. The average molecular weight is 534 g/mol. The highest BCUT2D eigenvalue weighted by Crippen LogP contribution is 2.31. The first-order chi connectivity index (χ1) is 15.8. The van der Waals surface area contributed by atoms with Crippen molar-refractivity contribution in [3.63, 3.8) is 0 Å². The highest BCUT2D eigenvalue weighted by atomic mass is 79.9. The number of carboxylic acid groups (broad SMARTS) is 1. The Kier molecular flexibility index (Phi) is 7.48. The number of hydrogen-bond donors (Lipinski definition) is 2. The molecule has 0 spiro atoms. The third-order valence-electron chi connectivity index (χ3n) is 6.16. The fourth-order valence-electron chi connectivity index (χ4n) is 4.53. The molecule has 1 saturated heterocycles. The zero-order valence-corrected chi connectivity index (χ0v) is 20.7. The predicted molar refractivity (Wildman–Crippen MR) is 133 cm³/mol. The van der Waals surface area contributed by atoms with Crippen LogP contribution in [0.25, 0.3) is 16.7 Å². The van der Waals surface area contributed by atoms with E-state index in [1.165, 1.54) is 0 Å². The number of hydrogen-bond acceptors (Lipinski definition) is 5. The number of carbonyl (C=O) groups excluding carboxylic acids is 1. The van der Waals surface area contributed by atoms with Crippen LogP contribution in [-0.4, -0.2) is 64.0 Å². The monoisotopic (exact) mass is 532 g/mol. The molecule has 4 rings (SSSR count). The Labute approximate surface area is 205 Å². The van der Waals surface area contributed by atoms with Crippen LogP contribution >= 0.6 is 27.5 Å². The predicted octanol–water partition coefficient (Wildman–Crippen LogP) is 4.32. The van der Waals surface area contributed by atoms with Gasteiger partial charge in [0.1, 0.15) is 0 Å². The molecular weight excluding hydrogens is 508 g/mol. The maximum absolute atomic E-state index is 13.5. The first-order valence-corrected chi connectivity index (χ1v) is 12.1. The summed E-state index contributed by atoms with van der Waals surface area (Å²) in [7, 11) is 0. The molecule has 7 nitrogen and oxygen atoms in total. The fourth-order valence-corrected chi connectivity index (χ4v) is 4.97. The molecule has 1 aliphatic rings. The van der Waals surface area contributed by atoms with Crippen LogP contribution in [0.1, 0.15) is 28.9 Å². The Bertz CT molecular complexity index is 1170. The standard InChI is InChI=1S/C24H26BrClN4O3/c1-15-23(21(31)14-29-8-6-16(7-9-29)11-27-13-22(32)33)24-20(10-17(25)12-28-24)30(15)19-4-2-18(26)3-5-19/h2-5,10,12,16,27H,6-9,11,13-14H2,1H3,(H,32,33). The van der Waals surface area contributed by atoms with Crippen molar-refractivity contribution in [2.24, 2.45) is 5.92 Å². The van der Waals surface area contributed by atoms with E-state index in [0.29, 0.717) is 35.1 Å². The average Bonchev–Trinajstić information content (AvgIpc) is 3.06. The van der Waals surface area contributed by atoms with E-state index in [4.69, 9.17) is 16.7 Å². The maximum Gasteiger partial charge on any atom is 0.317 e. The van der Waals surface area contributed by atoms with Crippen molar-refractivity contribution < 1.29 is 14.7 Å². The smallest absolute Gasteiger partial charge is 0.317 e. The highest BCUT2D eigenvalue weighted by molar-refractivity contribution is 9.10. The lowest BCUT2D eigenvalue weighted by molar-refractivity contribution is -0.136. The molecule has 0 unspecified atom stereocenters. The number of carbonyl (C=O) groups is 2. The third kappa shape index (κ3) is 5.46. The summed E-state index contributed by atoms with van der Waals surface area (Å²) < 4.78 is 2.90. The number of aromatic nitrogens is 2. The molecule has 0 atom stereocenters. The van der Waals surface area contributed by atoms with Gasteiger partial charge < -0.3 is 15.0 Å². The molecule has 0 radical (unpaired) electrons. The van der Waals surface area contributed by atoms with Crippen molar-refractivity contribution in [3.8, 4) is 5.69 Å². The van der Waals surface area contributed by atoms with Crippen molar-refractivity contribution >= 4 is 50.3 Å². The number of ketones is 1. The number of halogens is 2. The van der Waals surface area contributed by atoms with Crippen molar-refractivity contribution in [2.45, 2.75) is 19.8 Å². The molecule has 1 aromatic carbocycles. The van der Waals surface area contributed by atoms with Gasteiger partial charge in [-0.15, -0.1) is 0 Å². The SMILES string of the molecule is Cc1c(C(=O)CN2CCC(CNCC(=O)O)CC2)c2ncc(Br)cc2n1-c1ccc(Cl)cc1. The van der Waals surface area contributed by atoms with Crippen molar-refractivity contribution in [1.29, 1.82) is 0 Å². The molecular formula is C24H26BrClN4O3. The summed E-state index contributed by atoms with van der Waals surface area (Å²) in [6.45, 7) is 4.61. The number of pyridine rings is 1. The van der Waals surface area contributed by atoms with Gasteiger partial charge in [-0.25, -0.2) is 0 Å². The maximum atomic E-state index is 13.5. The molecule has 0 aliphatic carbocycles. The summed E-state index contributed by atoms with van der Waals surface area (Å²) in [4.78, 5) is 30.9. The molecule has 9 heteroatoms. The van der Waals surface area contributed by atoms with Gasteiger partial charge in [0.25, 0.3) is 0 Å². The Morgan fingerprint density at radius 2 is 1.94 bits per heavy atom. The highest BCUT2D eigenvalue weighted by Gasteiger charge is 2.26. The van der Waals surface area contributed by atoms with Gasteiger partial charge >= 0.3 is 5.97 Å². The zero-order valence-electron chi connectivity index (χ0n) is 18.4. The quantitative estimate of drug-likeness (QED) is 0.420. The summed E-state index contributed by atoms with van der Waals surface area (Å²) in [5.74, 6) is -0.349. The first-order valence-electron chi connectivity index (χ1n) is 10.9. The van der Waals surface area contributed by atoms with Crippen molar-refractivity contribution in [2.75, 3.05) is 32.7 Å². The van der Waals surface area contributed by atoms with E-state index in [2.05, 4.69) is 35.7 Å². The summed E-state index contributed by atoms with van der Waals surface area (Å²) in [6.07, 6.45) is 3.60. The van der Waals surface area contributed by atoms with Crippen molar-refractivity contribution in [1.82, 2.24) is 19.8 Å². The number of nitrogens with zero attached hydrogens (tertiary/aromatic N) is 3. The Morgan fingerprint density at radius 3 is 2.61 bits per heavy atom. The third-order valence-corrected chi connectivity index (χ3v) is 6.84. The number of Topliss-reactive ketones (excluding diaryl/α,β-unsaturated/α-hetero) is 1. The summed E-state index contributed by atoms with van der Waals surface area (Å²) in [5, 5.41) is 12.4.